The number of nitrogens with two attached hydrogens (primary N) is 1. The molecule has 0 aliphatic carbocycles. The second-order valence-corrected chi connectivity index (χ2v) is 3.69. The molecule has 1 aromatic rings. The minimum Gasteiger partial charge on any atom is -0.497 e. The SMILES string of the molecule is COc1ccc([C@@](C)(O)[C@H](N)C(=O)O)cc1. The Morgan fingerprint density at radius 1 is 1.44 bits per heavy atom. The van der Waals surface area contributed by atoms with Gasteiger partial charge in [-0.15, -0.1) is 0 Å². The maximum Gasteiger partial charge on any atom is 0.323 e. The van der Waals surface area contributed by atoms with Crippen LogP contribution in [-0.2, 0) is 10.4 Å². The number of carboxylic acids is 1. The Labute approximate surface area is 93.5 Å². The number of rotatable bonds is 4. The van der Waals surface area contributed by atoms with Crippen molar-refractivity contribution < 1.29 is 19.7 Å². The van der Waals surface area contributed by atoms with Crippen LogP contribution >= 0.6 is 0 Å². The Bertz CT molecular complexity index is 372. The van der Waals surface area contributed by atoms with Crippen LogP contribution in [0.2, 0.25) is 0 Å². The first-order valence-corrected chi connectivity index (χ1v) is 4.75. The van der Waals surface area contributed by atoms with E-state index in [0.717, 1.165) is 0 Å². The number of aliphatic carboxylic acids is 1. The fourth-order valence-corrected chi connectivity index (χ4v) is 1.35. The lowest BCUT2D eigenvalue weighted by Crippen LogP contribution is -2.48. The Balaban J connectivity index is 3.02. The van der Waals surface area contributed by atoms with Gasteiger partial charge in [0.05, 0.1) is 7.11 Å². The van der Waals surface area contributed by atoms with Crippen LogP contribution in [0.25, 0.3) is 0 Å². The van der Waals surface area contributed by atoms with Crippen LogP contribution in [0, 0.1) is 0 Å². The van der Waals surface area contributed by atoms with Gasteiger partial charge in [-0.1, -0.05) is 12.1 Å². The van der Waals surface area contributed by atoms with Gasteiger partial charge in [0.15, 0.2) is 0 Å². The first-order valence-electron chi connectivity index (χ1n) is 4.75. The summed E-state index contributed by atoms with van der Waals surface area (Å²) >= 11 is 0. The number of carbonyl (C=O) groups is 1. The highest BCUT2D eigenvalue weighted by molar-refractivity contribution is 5.75. The number of hydrogen-bond donors (Lipinski definition) is 3. The van der Waals surface area contributed by atoms with Crippen molar-refractivity contribution in [3.8, 4) is 5.75 Å². The van der Waals surface area contributed by atoms with Crippen molar-refractivity contribution in [2.45, 2.75) is 18.6 Å². The van der Waals surface area contributed by atoms with Gasteiger partial charge in [0, 0.05) is 0 Å². The number of carboxylic acid groups (broad SMARTS) is 1. The molecule has 2 atom stereocenters. The second-order valence-electron chi connectivity index (χ2n) is 3.69. The minimum absolute atomic E-state index is 0.434. The highest BCUT2D eigenvalue weighted by Crippen LogP contribution is 2.25. The monoisotopic (exact) mass is 225 g/mol. The lowest BCUT2D eigenvalue weighted by atomic mass is 9.89. The third-order valence-electron chi connectivity index (χ3n) is 2.55. The molecule has 0 aliphatic rings. The normalized spacial score (nSPS) is 16.2. The third kappa shape index (κ3) is 2.32. The quantitative estimate of drug-likeness (QED) is 0.686. The molecule has 5 heteroatoms. The fourth-order valence-electron chi connectivity index (χ4n) is 1.35. The zero-order valence-electron chi connectivity index (χ0n) is 9.18. The van der Waals surface area contributed by atoms with E-state index >= 15 is 0 Å². The number of benzene rings is 1. The standard InChI is InChI=1S/C11H15NO4/c1-11(15,9(12)10(13)14)7-3-5-8(16-2)6-4-7/h3-6,9,15H,12H2,1-2H3,(H,13,14)/t9-,11-/m1/s1. The molecule has 88 valence electrons. The molecule has 0 aliphatic heterocycles. The molecule has 0 aromatic heterocycles. The number of hydrogen-bond acceptors (Lipinski definition) is 4. The van der Waals surface area contributed by atoms with Crippen LogP contribution in [0.15, 0.2) is 24.3 Å². The summed E-state index contributed by atoms with van der Waals surface area (Å²) in [6.45, 7) is 1.37. The first-order chi connectivity index (χ1) is 7.39. The summed E-state index contributed by atoms with van der Waals surface area (Å²) in [6.07, 6.45) is 0. The summed E-state index contributed by atoms with van der Waals surface area (Å²) < 4.78 is 4.96. The summed E-state index contributed by atoms with van der Waals surface area (Å²) in [4.78, 5) is 10.7. The summed E-state index contributed by atoms with van der Waals surface area (Å²) in [7, 11) is 1.52. The molecule has 0 unspecified atom stereocenters. The maximum absolute atomic E-state index is 10.7. The van der Waals surface area contributed by atoms with Gasteiger partial charge in [-0.25, -0.2) is 0 Å². The molecule has 1 rings (SSSR count). The molecule has 0 saturated carbocycles. The van der Waals surface area contributed by atoms with Gasteiger partial charge in [-0.05, 0) is 24.6 Å². The Kier molecular flexibility index (Phi) is 3.51. The van der Waals surface area contributed by atoms with Crippen molar-refractivity contribution >= 4 is 5.97 Å². The van der Waals surface area contributed by atoms with E-state index in [1.807, 2.05) is 0 Å². The average molecular weight is 225 g/mol. The van der Waals surface area contributed by atoms with E-state index in [4.69, 9.17) is 15.6 Å². The van der Waals surface area contributed by atoms with E-state index in [1.54, 1.807) is 24.3 Å². The van der Waals surface area contributed by atoms with Gasteiger partial charge < -0.3 is 20.7 Å². The minimum atomic E-state index is -1.61. The van der Waals surface area contributed by atoms with Crippen LogP contribution in [0.4, 0.5) is 0 Å². The molecular weight excluding hydrogens is 210 g/mol. The van der Waals surface area contributed by atoms with Gasteiger partial charge in [-0.3, -0.25) is 4.79 Å². The van der Waals surface area contributed by atoms with Crippen LogP contribution in [0.5, 0.6) is 5.75 Å². The predicted molar refractivity (Wildman–Crippen MR) is 58.2 cm³/mol. The van der Waals surface area contributed by atoms with Crippen molar-refractivity contribution in [2.24, 2.45) is 5.73 Å². The van der Waals surface area contributed by atoms with Crippen molar-refractivity contribution in [3.63, 3.8) is 0 Å². The van der Waals surface area contributed by atoms with Crippen LogP contribution in [0.1, 0.15) is 12.5 Å². The molecule has 0 fully saturated rings. The fraction of sp³-hybridized carbons (Fsp3) is 0.364. The Hall–Kier alpha value is -1.59. The second kappa shape index (κ2) is 4.51. The smallest absolute Gasteiger partial charge is 0.323 e. The van der Waals surface area contributed by atoms with Gasteiger partial charge in [0.2, 0.25) is 0 Å². The molecule has 4 N–H and O–H groups in total. The van der Waals surface area contributed by atoms with E-state index in [9.17, 15) is 9.90 Å². The Morgan fingerprint density at radius 2 is 1.94 bits per heavy atom. The van der Waals surface area contributed by atoms with Crippen molar-refractivity contribution in [3.05, 3.63) is 29.8 Å². The first kappa shape index (κ1) is 12.5. The van der Waals surface area contributed by atoms with E-state index < -0.39 is 17.6 Å². The van der Waals surface area contributed by atoms with E-state index in [0.29, 0.717) is 11.3 Å². The summed E-state index contributed by atoms with van der Waals surface area (Å²) in [5, 5.41) is 18.8. The molecule has 0 saturated heterocycles. The zero-order chi connectivity index (χ0) is 12.3. The van der Waals surface area contributed by atoms with Gasteiger partial charge in [-0.2, -0.15) is 0 Å². The van der Waals surface area contributed by atoms with Crippen molar-refractivity contribution in [1.29, 1.82) is 0 Å². The lowest BCUT2D eigenvalue weighted by molar-refractivity contribution is -0.145. The zero-order valence-corrected chi connectivity index (χ0v) is 9.18. The van der Waals surface area contributed by atoms with Crippen molar-refractivity contribution in [1.82, 2.24) is 0 Å². The summed E-state index contributed by atoms with van der Waals surface area (Å²) in [5.41, 5.74) is 4.24. The molecule has 5 nitrogen and oxygen atoms in total. The molecule has 0 bridgehead atoms. The van der Waals surface area contributed by atoms with Crippen LogP contribution in [0.3, 0.4) is 0 Å². The maximum atomic E-state index is 10.7. The van der Waals surface area contributed by atoms with E-state index in [2.05, 4.69) is 0 Å². The average Bonchev–Trinajstić information content (AvgIpc) is 2.28. The molecule has 0 amide bonds. The molecule has 0 heterocycles. The lowest BCUT2D eigenvalue weighted by Gasteiger charge is -2.27. The third-order valence-corrected chi connectivity index (χ3v) is 2.55. The highest BCUT2D eigenvalue weighted by atomic mass is 16.5. The summed E-state index contributed by atoms with van der Waals surface area (Å²) in [6, 6.07) is 5.07. The summed E-state index contributed by atoms with van der Waals surface area (Å²) in [5.74, 6) is -0.621. The number of ether oxygens (including phenoxy) is 1. The molecule has 0 radical (unpaired) electrons. The van der Waals surface area contributed by atoms with Crippen LogP contribution in [-0.4, -0.2) is 29.3 Å². The number of aliphatic hydroxyl groups is 1. The van der Waals surface area contributed by atoms with E-state index in [-0.39, 0.29) is 0 Å². The van der Waals surface area contributed by atoms with Crippen LogP contribution < -0.4 is 10.5 Å². The topological polar surface area (TPSA) is 92.8 Å². The van der Waals surface area contributed by atoms with Gasteiger partial charge in [0.25, 0.3) is 0 Å². The molecule has 1 aromatic carbocycles. The predicted octanol–water partition coefficient (Wildman–Crippen LogP) is 0.315. The number of methoxy groups -OCH3 is 1. The molecule has 16 heavy (non-hydrogen) atoms. The highest BCUT2D eigenvalue weighted by Gasteiger charge is 2.36. The van der Waals surface area contributed by atoms with Crippen molar-refractivity contribution in [2.75, 3.05) is 7.11 Å². The molecule has 0 spiro atoms. The van der Waals surface area contributed by atoms with Gasteiger partial charge in [0.1, 0.15) is 17.4 Å². The Morgan fingerprint density at radius 3 is 2.31 bits per heavy atom. The molecular formula is C11H15NO4. The van der Waals surface area contributed by atoms with Gasteiger partial charge >= 0.3 is 5.97 Å². The van der Waals surface area contributed by atoms with E-state index in [1.165, 1.54) is 14.0 Å². The largest absolute Gasteiger partial charge is 0.497 e.